The van der Waals surface area contributed by atoms with Gasteiger partial charge in [0.2, 0.25) is 0 Å². The van der Waals surface area contributed by atoms with Crippen LogP contribution in [-0.4, -0.2) is 30.6 Å². The van der Waals surface area contributed by atoms with E-state index in [1.54, 1.807) is 11.1 Å². The number of benzene rings is 1. The van der Waals surface area contributed by atoms with Crippen LogP contribution < -0.4 is 5.32 Å². The van der Waals surface area contributed by atoms with Gasteiger partial charge in [0.1, 0.15) is 0 Å². The highest BCUT2D eigenvalue weighted by atomic mass is 79.9. The summed E-state index contributed by atoms with van der Waals surface area (Å²) in [7, 11) is 0. The Balaban J connectivity index is 1.63. The van der Waals surface area contributed by atoms with Crippen LogP contribution in [0.25, 0.3) is 0 Å². The molecule has 4 unspecified atom stereocenters. The molecule has 2 heterocycles. The Hall–Kier alpha value is -0.380. The maximum atomic E-state index is 3.61. The van der Waals surface area contributed by atoms with Crippen LogP contribution in [0.4, 0.5) is 0 Å². The zero-order valence-corrected chi connectivity index (χ0v) is 13.7. The van der Waals surface area contributed by atoms with Crippen molar-refractivity contribution in [1.82, 2.24) is 10.2 Å². The molecule has 20 heavy (non-hydrogen) atoms. The maximum absolute atomic E-state index is 3.61. The van der Waals surface area contributed by atoms with Crippen molar-refractivity contribution in [2.75, 3.05) is 19.6 Å². The summed E-state index contributed by atoms with van der Waals surface area (Å²) in [5.74, 6) is 1.78. The quantitative estimate of drug-likeness (QED) is 0.892. The van der Waals surface area contributed by atoms with Crippen LogP contribution in [-0.2, 0) is 6.42 Å². The van der Waals surface area contributed by atoms with Gasteiger partial charge in [0.25, 0.3) is 0 Å². The van der Waals surface area contributed by atoms with Crippen LogP contribution in [0.5, 0.6) is 0 Å². The molecule has 4 atom stereocenters. The van der Waals surface area contributed by atoms with Crippen LogP contribution in [0.2, 0.25) is 0 Å². The smallest absolute Gasteiger partial charge is 0.0357 e. The van der Waals surface area contributed by atoms with Crippen LogP contribution >= 0.6 is 15.9 Å². The number of aryl methyl sites for hydroxylation is 1. The molecule has 0 bridgehead atoms. The predicted octanol–water partition coefficient (Wildman–Crippen LogP) is 3.37. The van der Waals surface area contributed by atoms with Crippen molar-refractivity contribution in [3.8, 4) is 0 Å². The van der Waals surface area contributed by atoms with Crippen molar-refractivity contribution in [2.45, 2.75) is 38.3 Å². The second-order valence-electron chi connectivity index (χ2n) is 6.65. The van der Waals surface area contributed by atoms with Crippen LogP contribution in [0.1, 0.15) is 36.9 Å². The third-order valence-electron chi connectivity index (χ3n) is 5.73. The first kappa shape index (κ1) is 13.3. The standard InChI is InChI=1S/C17H23BrN2/c1-2-16-15-9-19-8-12(15)10-20(16)17-6-3-11-7-13(18)4-5-14(11)17/h4-5,7,12,15-17,19H,2-3,6,8-10H2,1H3. The highest BCUT2D eigenvalue weighted by Crippen LogP contribution is 2.44. The monoisotopic (exact) mass is 334 g/mol. The second-order valence-corrected chi connectivity index (χ2v) is 7.57. The van der Waals surface area contributed by atoms with Gasteiger partial charge in [-0.25, -0.2) is 0 Å². The van der Waals surface area contributed by atoms with E-state index < -0.39 is 0 Å². The fraction of sp³-hybridized carbons (Fsp3) is 0.647. The molecule has 0 aromatic heterocycles. The molecule has 2 aliphatic heterocycles. The molecule has 3 heteroatoms. The van der Waals surface area contributed by atoms with Crippen molar-refractivity contribution in [2.24, 2.45) is 11.8 Å². The van der Waals surface area contributed by atoms with E-state index in [0.29, 0.717) is 6.04 Å². The molecule has 3 aliphatic rings. The molecule has 0 saturated carbocycles. The van der Waals surface area contributed by atoms with Gasteiger partial charge in [0.05, 0.1) is 0 Å². The molecule has 2 nitrogen and oxygen atoms in total. The number of fused-ring (bicyclic) bond motifs is 2. The largest absolute Gasteiger partial charge is 0.316 e. The molecular weight excluding hydrogens is 312 g/mol. The van der Waals surface area contributed by atoms with Gasteiger partial charge < -0.3 is 5.32 Å². The average molecular weight is 335 g/mol. The summed E-state index contributed by atoms with van der Waals surface area (Å²) in [5, 5.41) is 3.59. The normalized spacial score (nSPS) is 36.3. The van der Waals surface area contributed by atoms with Crippen LogP contribution in [0.15, 0.2) is 22.7 Å². The fourth-order valence-electron chi connectivity index (χ4n) is 4.86. The first-order chi connectivity index (χ1) is 9.78. The molecular formula is C17H23BrN2. The fourth-order valence-corrected chi connectivity index (χ4v) is 5.27. The van der Waals surface area contributed by atoms with E-state index in [1.165, 1.54) is 43.4 Å². The lowest BCUT2D eigenvalue weighted by atomic mass is 9.92. The van der Waals surface area contributed by atoms with E-state index in [2.05, 4.69) is 51.3 Å². The number of nitrogens with zero attached hydrogens (tertiary/aromatic N) is 1. The number of rotatable bonds is 2. The topological polar surface area (TPSA) is 15.3 Å². The predicted molar refractivity (Wildman–Crippen MR) is 85.8 cm³/mol. The third kappa shape index (κ3) is 1.98. The van der Waals surface area contributed by atoms with Crippen LogP contribution in [0.3, 0.4) is 0 Å². The van der Waals surface area contributed by atoms with Gasteiger partial charge in [-0.2, -0.15) is 0 Å². The highest BCUT2D eigenvalue weighted by Gasteiger charge is 2.46. The van der Waals surface area contributed by atoms with E-state index in [9.17, 15) is 0 Å². The van der Waals surface area contributed by atoms with E-state index in [-0.39, 0.29) is 0 Å². The molecule has 108 valence electrons. The van der Waals surface area contributed by atoms with Gasteiger partial charge in [-0.1, -0.05) is 28.9 Å². The Morgan fingerprint density at radius 1 is 1.35 bits per heavy atom. The molecule has 1 N–H and O–H groups in total. The second kappa shape index (κ2) is 5.11. The molecule has 1 aromatic carbocycles. The lowest BCUT2D eigenvalue weighted by Gasteiger charge is -2.33. The highest BCUT2D eigenvalue weighted by molar-refractivity contribution is 9.10. The van der Waals surface area contributed by atoms with Crippen molar-refractivity contribution < 1.29 is 0 Å². The molecule has 0 amide bonds. The zero-order valence-electron chi connectivity index (χ0n) is 12.1. The summed E-state index contributed by atoms with van der Waals surface area (Å²) in [6.07, 6.45) is 3.86. The summed E-state index contributed by atoms with van der Waals surface area (Å²) >= 11 is 3.61. The minimum atomic E-state index is 0.675. The first-order valence-corrected chi connectivity index (χ1v) is 8.82. The summed E-state index contributed by atoms with van der Waals surface area (Å²) in [4.78, 5) is 2.84. The van der Waals surface area contributed by atoms with Crippen molar-refractivity contribution >= 4 is 15.9 Å². The van der Waals surface area contributed by atoms with Crippen molar-refractivity contribution in [3.63, 3.8) is 0 Å². The summed E-state index contributed by atoms with van der Waals surface area (Å²) in [5.41, 5.74) is 3.16. The number of nitrogens with one attached hydrogen (secondary N) is 1. The number of halogens is 1. The Bertz CT molecular complexity index is 516. The van der Waals surface area contributed by atoms with E-state index in [1.807, 2.05) is 0 Å². The van der Waals surface area contributed by atoms with Crippen LogP contribution in [0, 0.1) is 11.8 Å². The van der Waals surface area contributed by atoms with Gasteiger partial charge >= 0.3 is 0 Å². The zero-order chi connectivity index (χ0) is 13.7. The van der Waals surface area contributed by atoms with Crippen molar-refractivity contribution in [3.05, 3.63) is 33.8 Å². The molecule has 0 spiro atoms. The van der Waals surface area contributed by atoms with E-state index >= 15 is 0 Å². The SMILES string of the molecule is CCC1C2CNCC2CN1C1CCc2cc(Br)ccc21. The summed E-state index contributed by atoms with van der Waals surface area (Å²) < 4.78 is 1.23. The van der Waals surface area contributed by atoms with E-state index in [0.717, 1.165) is 17.9 Å². The average Bonchev–Trinajstić information content (AvgIpc) is 3.09. The summed E-state index contributed by atoms with van der Waals surface area (Å²) in [6.45, 7) is 6.14. The van der Waals surface area contributed by atoms with E-state index in [4.69, 9.17) is 0 Å². The van der Waals surface area contributed by atoms with Gasteiger partial charge in [-0.3, -0.25) is 4.90 Å². The third-order valence-corrected chi connectivity index (χ3v) is 6.22. The van der Waals surface area contributed by atoms with Gasteiger partial charge in [0, 0.05) is 23.1 Å². The minimum absolute atomic E-state index is 0.675. The first-order valence-electron chi connectivity index (χ1n) is 8.02. The number of hydrogen-bond acceptors (Lipinski definition) is 2. The molecule has 0 radical (unpaired) electrons. The molecule has 2 saturated heterocycles. The lowest BCUT2D eigenvalue weighted by molar-refractivity contribution is 0.154. The van der Waals surface area contributed by atoms with Gasteiger partial charge in [-0.15, -0.1) is 0 Å². The minimum Gasteiger partial charge on any atom is -0.316 e. The molecule has 4 rings (SSSR count). The molecule has 2 fully saturated rings. The van der Waals surface area contributed by atoms with Gasteiger partial charge in [0.15, 0.2) is 0 Å². The Morgan fingerprint density at radius 3 is 3.10 bits per heavy atom. The Kier molecular flexibility index (Phi) is 3.40. The van der Waals surface area contributed by atoms with Crippen molar-refractivity contribution in [1.29, 1.82) is 0 Å². The molecule has 1 aromatic rings. The molecule has 1 aliphatic carbocycles. The maximum Gasteiger partial charge on any atom is 0.0357 e. The van der Waals surface area contributed by atoms with Gasteiger partial charge in [-0.05, 0) is 67.4 Å². The lowest BCUT2D eigenvalue weighted by Crippen LogP contribution is -2.37. The Labute approximate surface area is 130 Å². The Morgan fingerprint density at radius 2 is 2.25 bits per heavy atom. The number of hydrogen-bond donors (Lipinski definition) is 1. The number of likely N-dealkylation sites (tertiary alicyclic amines) is 1. The summed E-state index contributed by atoms with van der Waals surface area (Å²) in [6, 6.07) is 8.37.